The largest absolute Gasteiger partial charge is 0.494 e. The van der Waals surface area contributed by atoms with Crippen molar-refractivity contribution in [2.45, 2.75) is 26.5 Å². The van der Waals surface area contributed by atoms with Crippen LogP contribution < -0.4 is 14.8 Å². The Morgan fingerprint density at radius 3 is 2.52 bits per heavy atom. The molecule has 1 N–H and O–H groups in total. The van der Waals surface area contributed by atoms with E-state index in [4.69, 9.17) is 21.1 Å². The lowest BCUT2D eigenvalue weighted by molar-refractivity contribution is -0.127. The summed E-state index contributed by atoms with van der Waals surface area (Å²) >= 11 is 6.02. The van der Waals surface area contributed by atoms with Crippen LogP contribution in [0.2, 0.25) is 5.02 Å². The first-order chi connectivity index (χ1) is 11.1. The molecule has 0 spiro atoms. The Bertz CT molecular complexity index is 643. The standard InChI is InChI=1S/C18H20ClNO3/c1-3-22-15-10-8-14(9-11-15)12-20-18(21)13(2)23-17-7-5-4-6-16(17)19/h4-11,13H,3,12H2,1-2H3,(H,20,21). The lowest BCUT2D eigenvalue weighted by Gasteiger charge is -2.15. The third kappa shape index (κ3) is 5.18. The van der Waals surface area contributed by atoms with E-state index < -0.39 is 6.10 Å². The monoisotopic (exact) mass is 333 g/mol. The van der Waals surface area contributed by atoms with Crippen LogP contribution >= 0.6 is 11.6 Å². The summed E-state index contributed by atoms with van der Waals surface area (Å²) in [7, 11) is 0. The van der Waals surface area contributed by atoms with Crippen LogP contribution in [0.15, 0.2) is 48.5 Å². The van der Waals surface area contributed by atoms with E-state index in [1.54, 1.807) is 19.1 Å². The first-order valence-corrected chi connectivity index (χ1v) is 7.88. The molecule has 0 saturated heterocycles. The summed E-state index contributed by atoms with van der Waals surface area (Å²) in [6, 6.07) is 14.7. The minimum atomic E-state index is -0.627. The van der Waals surface area contributed by atoms with Crippen molar-refractivity contribution in [1.29, 1.82) is 0 Å². The van der Waals surface area contributed by atoms with Crippen molar-refractivity contribution in [3.8, 4) is 11.5 Å². The molecule has 0 heterocycles. The molecule has 0 aliphatic rings. The molecule has 2 rings (SSSR count). The highest BCUT2D eigenvalue weighted by Crippen LogP contribution is 2.24. The smallest absolute Gasteiger partial charge is 0.261 e. The third-order valence-electron chi connectivity index (χ3n) is 3.21. The van der Waals surface area contributed by atoms with Gasteiger partial charge in [0.2, 0.25) is 0 Å². The van der Waals surface area contributed by atoms with E-state index in [1.165, 1.54) is 0 Å². The quantitative estimate of drug-likeness (QED) is 0.837. The summed E-state index contributed by atoms with van der Waals surface area (Å²) in [5.41, 5.74) is 0.992. The van der Waals surface area contributed by atoms with E-state index >= 15 is 0 Å². The van der Waals surface area contributed by atoms with Gasteiger partial charge in [-0.2, -0.15) is 0 Å². The molecule has 122 valence electrons. The van der Waals surface area contributed by atoms with Crippen LogP contribution in [0.5, 0.6) is 11.5 Å². The predicted molar refractivity (Wildman–Crippen MR) is 91.0 cm³/mol. The van der Waals surface area contributed by atoms with Crippen LogP contribution in [0.4, 0.5) is 0 Å². The second-order valence-electron chi connectivity index (χ2n) is 4.99. The fraction of sp³-hybridized carbons (Fsp3) is 0.278. The van der Waals surface area contributed by atoms with Crippen LogP contribution in [0, 0.1) is 0 Å². The van der Waals surface area contributed by atoms with Crippen LogP contribution in [0.25, 0.3) is 0 Å². The summed E-state index contributed by atoms with van der Waals surface area (Å²) in [5.74, 6) is 1.12. The molecule has 0 aliphatic heterocycles. The Kier molecular flexibility index (Phi) is 6.29. The number of nitrogens with one attached hydrogen (secondary N) is 1. The molecule has 1 atom stereocenters. The number of halogens is 1. The lowest BCUT2D eigenvalue weighted by Crippen LogP contribution is -2.35. The molecule has 0 fully saturated rings. The minimum absolute atomic E-state index is 0.196. The lowest BCUT2D eigenvalue weighted by atomic mass is 10.2. The summed E-state index contributed by atoms with van der Waals surface area (Å²) in [4.78, 5) is 12.1. The number of amides is 1. The average Bonchev–Trinajstić information content (AvgIpc) is 2.56. The molecule has 2 aromatic carbocycles. The summed E-state index contributed by atoms with van der Waals surface area (Å²) in [5, 5.41) is 3.33. The fourth-order valence-electron chi connectivity index (χ4n) is 1.99. The highest BCUT2D eigenvalue weighted by Gasteiger charge is 2.15. The fourth-order valence-corrected chi connectivity index (χ4v) is 2.17. The number of carbonyl (C=O) groups excluding carboxylic acids is 1. The van der Waals surface area contributed by atoms with Gasteiger partial charge in [0, 0.05) is 6.54 Å². The SMILES string of the molecule is CCOc1ccc(CNC(=O)C(C)Oc2ccccc2Cl)cc1. The maximum Gasteiger partial charge on any atom is 0.261 e. The predicted octanol–water partition coefficient (Wildman–Crippen LogP) is 3.82. The molecule has 2 aromatic rings. The molecule has 0 radical (unpaired) electrons. The van der Waals surface area contributed by atoms with Crippen LogP contribution in [0.1, 0.15) is 19.4 Å². The number of benzene rings is 2. The van der Waals surface area contributed by atoms with E-state index in [2.05, 4.69) is 5.32 Å². The van der Waals surface area contributed by atoms with Crippen molar-refractivity contribution in [3.05, 3.63) is 59.1 Å². The van der Waals surface area contributed by atoms with E-state index in [9.17, 15) is 4.79 Å². The van der Waals surface area contributed by atoms with Crippen molar-refractivity contribution in [1.82, 2.24) is 5.32 Å². The van der Waals surface area contributed by atoms with Gasteiger partial charge in [-0.3, -0.25) is 4.79 Å². The van der Waals surface area contributed by atoms with Crippen molar-refractivity contribution >= 4 is 17.5 Å². The summed E-state index contributed by atoms with van der Waals surface area (Å²) < 4.78 is 11.0. The zero-order valence-electron chi connectivity index (χ0n) is 13.2. The number of rotatable bonds is 7. The third-order valence-corrected chi connectivity index (χ3v) is 3.52. The van der Waals surface area contributed by atoms with Crippen LogP contribution in [-0.4, -0.2) is 18.6 Å². The highest BCUT2D eigenvalue weighted by atomic mass is 35.5. The van der Waals surface area contributed by atoms with Gasteiger partial charge in [-0.05, 0) is 43.7 Å². The number of carbonyl (C=O) groups is 1. The number of ether oxygens (including phenoxy) is 2. The van der Waals surface area contributed by atoms with Gasteiger partial charge in [-0.25, -0.2) is 0 Å². The molecule has 0 aromatic heterocycles. The van der Waals surface area contributed by atoms with Crippen molar-refractivity contribution in [3.63, 3.8) is 0 Å². The number of para-hydroxylation sites is 1. The van der Waals surface area contributed by atoms with Gasteiger partial charge in [0.15, 0.2) is 6.10 Å². The van der Waals surface area contributed by atoms with Gasteiger partial charge in [-0.15, -0.1) is 0 Å². The zero-order valence-corrected chi connectivity index (χ0v) is 14.0. The maximum atomic E-state index is 12.1. The summed E-state index contributed by atoms with van der Waals surface area (Å²) in [6.07, 6.45) is -0.627. The van der Waals surface area contributed by atoms with E-state index in [0.29, 0.717) is 23.9 Å². The second-order valence-corrected chi connectivity index (χ2v) is 5.39. The Morgan fingerprint density at radius 2 is 1.87 bits per heavy atom. The summed E-state index contributed by atoms with van der Waals surface area (Å²) in [6.45, 7) is 4.69. The van der Waals surface area contributed by atoms with Gasteiger partial charge in [-0.1, -0.05) is 35.9 Å². The Labute approximate surface area is 141 Å². The maximum absolute atomic E-state index is 12.1. The van der Waals surface area contributed by atoms with Crippen molar-refractivity contribution < 1.29 is 14.3 Å². The van der Waals surface area contributed by atoms with E-state index in [1.807, 2.05) is 43.3 Å². The molecule has 0 bridgehead atoms. The topological polar surface area (TPSA) is 47.6 Å². The van der Waals surface area contributed by atoms with Gasteiger partial charge in [0.05, 0.1) is 11.6 Å². The van der Waals surface area contributed by atoms with E-state index in [-0.39, 0.29) is 5.91 Å². The Morgan fingerprint density at radius 1 is 1.17 bits per heavy atom. The normalized spacial score (nSPS) is 11.6. The highest BCUT2D eigenvalue weighted by molar-refractivity contribution is 6.32. The zero-order chi connectivity index (χ0) is 16.7. The van der Waals surface area contributed by atoms with Gasteiger partial charge in [0.1, 0.15) is 11.5 Å². The average molecular weight is 334 g/mol. The Hall–Kier alpha value is -2.20. The molecule has 0 aliphatic carbocycles. The first kappa shape index (κ1) is 17.2. The van der Waals surface area contributed by atoms with Gasteiger partial charge >= 0.3 is 0 Å². The van der Waals surface area contributed by atoms with Gasteiger partial charge in [0.25, 0.3) is 5.91 Å². The van der Waals surface area contributed by atoms with Crippen LogP contribution in [-0.2, 0) is 11.3 Å². The molecule has 0 saturated carbocycles. The number of hydrogen-bond acceptors (Lipinski definition) is 3. The molecule has 1 unspecified atom stereocenters. The molecular weight excluding hydrogens is 314 g/mol. The second kappa shape index (κ2) is 8.44. The van der Waals surface area contributed by atoms with Crippen molar-refractivity contribution in [2.24, 2.45) is 0 Å². The number of hydrogen-bond donors (Lipinski definition) is 1. The van der Waals surface area contributed by atoms with Crippen molar-refractivity contribution in [2.75, 3.05) is 6.61 Å². The molecule has 4 nitrogen and oxygen atoms in total. The molecular formula is C18H20ClNO3. The molecule has 1 amide bonds. The van der Waals surface area contributed by atoms with Gasteiger partial charge < -0.3 is 14.8 Å². The first-order valence-electron chi connectivity index (χ1n) is 7.50. The van der Waals surface area contributed by atoms with E-state index in [0.717, 1.165) is 11.3 Å². The Balaban J connectivity index is 1.85. The van der Waals surface area contributed by atoms with Crippen LogP contribution in [0.3, 0.4) is 0 Å². The minimum Gasteiger partial charge on any atom is -0.494 e. The molecule has 23 heavy (non-hydrogen) atoms. The molecule has 5 heteroatoms.